The van der Waals surface area contributed by atoms with Crippen molar-refractivity contribution in [3.05, 3.63) is 12.3 Å². The van der Waals surface area contributed by atoms with Crippen LogP contribution in [-0.2, 0) is 14.3 Å². The molecule has 0 radical (unpaired) electrons. The summed E-state index contributed by atoms with van der Waals surface area (Å²) in [6, 6.07) is 0. The van der Waals surface area contributed by atoms with Crippen LogP contribution in [0.15, 0.2) is 17.3 Å². The van der Waals surface area contributed by atoms with Crippen molar-refractivity contribution in [2.24, 2.45) is 4.99 Å². The maximum atomic E-state index is 10.7. The number of esters is 1. The van der Waals surface area contributed by atoms with Crippen molar-refractivity contribution < 1.29 is 14.3 Å². The molecule has 0 saturated heterocycles. The van der Waals surface area contributed by atoms with Gasteiger partial charge in [-0.1, -0.05) is 0 Å². The molecule has 0 aromatic heterocycles. The van der Waals surface area contributed by atoms with Crippen LogP contribution in [0.2, 0.25) is 0 Å². The van der Waals surface area contributed by atoms with Gasteiger partial charge in [0.2, 0.25) is 5.78 Å². The molecular formula is C6H5NO3. The van der Waals surface area contributed by atoms with Crippen LogP contribution >= 0.6 is 0 Å². The summed E-state index contributed by atoms with van der Waals surface area (Å²) in [5.74, 6) is -1.08. The molecule has 52 valence electrons. The highest BCUT2D eigenvalue weighted by atomic mass is 16.5. The van der Waals surface area contributed by atoms with Crippen LogP contribution in [0, 0.1) is 0 Å². The van der Waals surface area contributed by atoms with E-state index in [1.54, 1.807) is 0 Å². The first-order valence-corrected chi connectivity index (χ1v) is 2.62. The van der Waals surface area contributed by atoms with E-state index in [-0.39, 0.29) is 5.71 Å². The van der Waals surface area contributed by atoms with Gasteiger partial charge in [-0.25, -0.2) is 9.79 Å². The largest absolute Gasteiger partial charge is 0.464 e. The van der Waals surface area contributed by atoms with Crippen molar-refractivity contribution >= 4 is 17.5 Å². The van der Waals surface area contributed by atoms with Gasteiger partial charge in [0.05, 0.1) is 7.11 Å². The maximum Gasteiger partial charge on any atom is 0.360 e. The third-order valence-electron chi connectivity index (χ3n) is 1.04. The second-order valence-corrected chi connectivity index (χ2v) is 1.65. The van der Waals surface area contributed by atoms with Crippen molar-refractivity contribution in [2.45, 2.75) is 0 Å². The molecule has 4 nitrogen and oxygen atoms in total. The lowest BCUT2D eigenvalue weighted by Crippen LogP contribution is -2.21. The van der Waals surface area contributed by atoms with Gasteiger partial charge >= 0.3 is 5.97 Å². The van der Waals surface area contributed by atoms with E-state index in [2.05, 4.69) is 9.73 Å². The second kappa shape index (κ2) is 2.43. The van der Waals surface area contributed by atoms with Crippen LogP contribution < -0.4 is 0 Å². The Hall–Kier alpha value is -1.45. The van der Waals surface area contributed by atoms with Gasteiger partial charge in [-0.3, -0.25) is 4.79 Å². The number of hydrogen-bond acceptors (Lipinski definition) is 4. The molecule has 0 aromatic rings. The Kier molecular flexibility index (Phi) is 1.62. The molecule has 0 spiro atoms. The van der Waals surface area contributed by atoms with Crippen LogP contribution in [0.4, 0.5) is 0 Å². The molecule has 0 aromatic carbocycles. The van der Waals surface area contributed by atoms with E-state index < -0.39 is 11.8 Å². The zero-order valence-electron chi connectivity index (χ0n) is 5.33. The van der Waals surface area contributed by atoms with Gasteiger partial charge in [0.15, 0.2) is 5.71 Å². The van der Waals surface area contributed by atoms with Gasteiger partial charge < -0.3 is 4.74 Å². The number of rotatable bonds is 1. The van der Waals surface area contributed by atoms with E-state index in [1.165, 1.54) is 19.4 Å². The van der Waals surface area contributed by atoms with Crippen LogP contribution in [0.5, 0.6) is 0 Å². The normalized spacial score (nSPS) is 15.3. The molecule has 0 amide bonds. The fraction of sp³-hybridized carbons (Fsp3) is 0.167. The van der Waals surface area contributed by atoms with Gasteiger partial charge in [-0.05, 0) is 0 Å². The Balaban J connectivity index is 2.77. The van der Waals surface area contributed by atoms with E-state index in [4.69, 9.17) is 0 Å². The van der Waals surface area contributed by atoms with E-state index in [9.17, 15) is 9.59 Å². The smallest absolute Gasteiger partial charge is 0.360 e. The van der Waals surface area contributed by atoms with Crippen LogP contribution in [-0.4, -0.2) is 24.6 Å². The molecule has 0 bridgehead atoms. The topological polar surface area (TPSA) is 55.7 Å². The van der Waals surface area contributed by atoms with Crippen molar-refractivity contribution in [1.82, 2.24) is 0 Å². The summed E-state index contributed by atoms with van der Waals surface area (Å²) in [4.78, 5) is 24.8. The molecule has 1 aliphatic heterocycles. The molecular weight excluding hydrogens is 134 g/mol. The van der Waals surface area contributed by atoms with Gasteiger partial charge in [0.1, 0.15) is 0 Å². The number of carbonyl (C=O) groups is 2. The number of carbonyl (C=O) groups excluding carboxylic acids is 2. The summed E-state index contributed by atoms with van der Waals surface area (Å²) in [7, 11) is 1.20. The highest BCUT2D eigenvalue weighted by Gasteiger charge is 2.20. The first-order chi connectivity index (χ1) is 4.75. The summed E-state index contributed by atoms with van der Waals surface area (Å²) in [6.45, 7) is 0. The first-order valence-electron chi connectivity index (χ1n) is 2.62. The van der Waals surface area contributed by atoms with Crippen LogP contribution in [0.3, 0.4) is 0 Å². The van der Waals surface area contributed by atoms with Crippen LogP contribution in [0.1, 0.15) is 0 Å². The number of hydrogen-bond donors (Lipinski definition) is 0. The molecule has 1 aliphatic rings. The molecule has 0 atom stereocenters. The lowest BCUT2D eigenvalue weighted by molar-refractivity contribution is -0.133. The third-order valence-corrected chi connectivity index (χ3v) is 1.04. The van der Waals surface area contributed by atoms with E-state index in [0.717, 1.165) is 0 Å². The first kappa shape index (κ1) is 6.67. The van der Waals surface area contributed by atoms with Gasteiger partial charge in [0.25, 0.3) is 0 Å². The molecule has 10 heavy (non-hydrogen) atoms. The predicted molar refractivity (Wildman–Crippen MR) is 33.6 cm³/mol. The van der Waals surface area contributed by atoms with Gasteiger partial charge in [0, 0.05) is 12.3 Å². The number of methoxy groups -OCH3 is 1. The Bertz CT molecular complexity index is 239. The number of ether oxygens (including phenoxy) is 1. The Morgan fingerprint density at radius 3 is 2.80 bits per heavy atom. The van der Waals surface area contributed by atoms with Gasteiger partial charge in [-0.15, -0.1) is 0 Å². The Labute approximate surface area is 57.2 Å². The molecule has 0 aliphatic carbocycles. The van der Waals surface area contributed by atoms with E-state index >= 15 is 0 Å². The van der Waals surface area contributed by atoms with E-state index in [1.807, 2.05) is 0 Å². The number of aliphatic imine (C=N–C) groups is 1. The molecule has 0 N–H and O–H groups in total. The summed E-state index contributed by atoms with van der Waals surface area (Å²) in [5.41, 5.74) is -0.150. The predicted octanol–water partition coefficient (Wildman–Crippen LogP) is -0.303. The van der Waals surface area contributed by atoms with Crippen molar-refractivity contribution in [3.63, 3.8) is 0 Å². The fourth-order valence-corrected chi connectivity index (χ4v) is 0.572. The SMILES string of the molecule is COC(=O)C1=NC=CC1=O. The fourth-order valence-electron chi connectivity index (χ4n) is 0.572. The molecule has 1 heterocycles. The summed E-state index contributed by atoms with van der Waals surface area (Å²) in [6.07, 6.45) is 2.49. The highest BCUT2D eigenvalue weighted by molar-refractivity contribution is 6.67. The van der Waals surface area contributed by atoms with Crippen molar-refractivity contribution in [3.8, 4) is 0 Å². The molecule has 0 unspecified atom stereocenters. The molecule has 4 heteroatoms. The van der Waals surface area contributed by atoms with Gasteiger partial charge in [-0.2, -0.15) is 0 Å². The lowest BCUT2D eigenvalue weighted by Gasteiger charge is -1.93. The maximum absolute atomic E-state index is 10.7. The average molecular weight is 139 g/mol. The number of nitrogens with zero attached hydrogens (tertiary/aromatic N) is 1. The minimum atomic E-state index is -0.685. The third kappa shape index (κ3) is 0.953. The van der Waals surface area contributed by atoms with Crippen molar-refractivity contribution in [1.29, 1.82) is 0 Å². The second-order valence-electron chi connectivity index (χ2n) is 1.65. The Morgan fingerprint density at radius 1 is 1.70 bits per heavy atom. The minimum absolute atomic E-state index is 0.150. The standard InChI is InChI=1S/C6H5NO3/c1-10-6(9)5-4(8)2-3-7-5/h2-3H,1H3. The molecule has 0 fully saturated rings. The minimum Gasteiger partial charge on any atom is -0.464 e. The van der Waals surface area contributed by atoms with Crippen molar-refractivity contribution in [2.75, 3.05) is 7.11 Å². The number of allylic oxidation sites excluding steroid dienone is 1. The molecule has 1 rings (SSSR count). The zero-order chi connectivity index (χ0) is 7.56. The van der Waals surface area contributed by atoms with Crippen LogP contribution in [0.25, 0.3) is 0 Å². The molecule has 0 saturated carbocycles. The lowest BCUT2D eigenvalue weighted by atomic mass is 10.3. The summed E-state index contributed by atoms with van der Waals surface area (Å²) in [5, 5.41) is 0. The monoisotopic (exact) mass is 139 g/mol. The summed E-state index contributed by atoms with van der Waals surface area (Å²) < 4.78 is 4.27. The quantitative estimate of drug-likeness (QED) is 0.468. The zero-order valence-corrected chi connectivity index (χ0v) is 5.33. The highest BCUT2D eigenvalue weighted by Crippen LogP contribution is 1.96. The van der Waals surface area contributed by atoms with E-state index in [0.29, 0.717) is 0 Å². The Morgan fingerprint density at radius 2 is 2.40 bits per heavy atom. The number of ketones is 1. The summed E-state index contributed by atoms with van der Waals surface area (Å²) >= 11 is 0. The average Bonchev–Trinajstić information content (AvgIpc) is 2.34.